The Labute approximate surface area is 89.6 Å². The van der Waals surface area contributed by atoms with Crippen molar-refractivity contribution in [3.8, 4) is 0 Å². The van der Waals surface area contributed by atoms with Crippen molar-refractivity contribution < 1.29 is 0 Å². The molecule has 0 aliphatic heterocycles. The van der Waals surface area contributed by atoms with Crippen LogP contribution in [0, 0.1) is 0 Å². The highest BCUT2D eigenvalue weighted by Gasteiger charge is 2.09. The molecule has 0 radical (unpaired) electrons. The lowest BCUT2D eigenvalue weighted by atomic mass is 10.00. The number of nitrogens with one attached hydrogen (secondary N) is 1. The molecular weight excluding hydrogens is 172 g/mol. The summed E-state index contributed by atoms with van der Waals surface area (Å²) in [7, 11) is 0. The highest BCUT2D eigenvalue weighted by molar-refractivity contribution is 4.72. The van der Waals surface area contributed by atoms with Crippen LogP contribution in [0.2, 0.25) is 0 Å². The first kappa shape index (κ1) is 13.9. The molecule has 86 valence electrons. The highest BCUT2D eigenvalue weighted by atomic mass is 14.9. The van der Waals surface area contributed by atoms with Crippen LogP contribution in [0.1, 0.15) is 59.8 Å². The first-order chi connectivity index (χ1) is 6.45. The van der Waals surface area contributed by atoms with Crippen LogP contribution < -0.4 is 11.1 Å². The second-order valence-corrected chi connectivity index (χ2v) is 5.09. The summed E-state index contributed by atoms with van der Waals surface area (Å²) in [4.78, 5) is 0. The molecule has 3 N–H and O–H groups in total. The fraction of sp³-hybridized carbons (Fsp3) is 1.00. The van der Waals surface area contributed by atoms with E-state index < -0.39 is 0 Å². The summed E-state index contributed by atoms with van der Waals surface area (Å²) < 4.78 is 0. The highest BCUT2D eigenvalue weighted by Crippen LogP contribution is 2.06. The van der Waals surface area contributed by atoms with Crippen LogP contribution in [0.25, 0.3) is 0 Å². The average molecular weight is 200 g/mol. The Kier molecular flexibility index (Phi) is 7.20. The Balaban J connectivity index is 3.27. The van der Waals surface area contributed by atoms with E-state index in [4.69, 9.17) is 5.73 Å². The molecule has 0 aromatic rings. The lowest BCUT2D eigenvalue weighted by Gasteiger charge is -2.19. The van der Waals surface area contributed by atoms with Gasteiger partial charge in [0.2, 0.25) is 0 Å². The van der Waals surface area contributed by atoms with E-state index in [0.29, 0.717) is 6.04 Å². The zero-order valence-corrected chi connectivity index (χ0v) is 10.4. The predicted octanol–water partition coefficient (Wildman–Crippen LogP) is 2.67. The van der Waals surface area contributed by atoms with Gasteiger partial charge in [-0.15, -0.1) is 0 Å². The summed E-state index contributed by atoms with van der Waals surface area (Å²) in [5.41, 5.74) is 5.90. The van der Waals surface area contributed by atoms with Crippen LogP contribution in [0.5, 0.6) is 0 Å². The topological polar surface area (TPSA) is 38.0 Å². The molecule has 0 saturated heterocycles. The van der Waals surface area contributed by atoms with Crippen molar-refractivity contribution in [3.63, 3.8) is 0 Å². The molecule has 0 heterocycles. The zero-order chi connectivity index (χ0) is 11.0. The summed E-state index contributed by atoms with van der Waals surface area (Å²) in [6.45, 7) is 9.79. The van der Waals surface area contributed by atoms with Crippen LogP contribution in [0.3, 0.4) is 0 Å². The van der Waals surface area contributed by atoms with Gasteiger partial charge < -0.3 is 11.1 Å². The van der Waals surface area contributed by atoms with Crippen molar-refractivity contribution in [2.45, 2.75) is 71.4 Å². The van der Waals surface area contributed by atoms with Crippen LogP contribution in [0.15, 0.2) is 0 Å². The first-order valence-corrected chi connectivity index (χ1v) is 5.98. The molecule has 2 heteroatoms. The van der Waals surface area contributed by atoms with Crippen molar-refractivity contribution in [2.24, 2.45) is 5.73 Å². The minimum atomic E-state index is -0.00562. The maximum atomic E-state index is 5.90. The van der Waals surface area contributed by atoms with Gasteiger partial charge in [0.15, 0.2) is 0 Å². The Morgan fingerprint density at radius 2 is 1.93 bits per heavy atom. The van der Waals surface area contributed by atoms with E-state index in [2.05, 4.69) is 33.0 Å². The Hall–Kier alpha value is -0.0800. The second-order valence-electron chi connectivity index (χ2n) is 5.09. The summed E-state index contributed by atoms with van der Waals surface area (Å²) in [5.74, 6) is 0. The van der Waals surface area contributed by atoms with Crippen molar-refractivity contribution >= 4 is 0 Å². The molecule has 0 aromatic heterocycles. The number of unbranched alkanes of at least 4 members (excludes halogenated alkanes) is 1. The fourth-order valence-corrected chi connectivity index (χ4v) is 1.50. The molecule has 1 unspecified atom stereocenters. The van der Waals surface area contributed by atoms with Crippen molar-refractivity contribution in [3.05, 3.63) is 0 Å². The SMILES string of the molecule is CCCCC(C)NCCCC(C)(C)N. The molecule has 2 nitrogen and oxygen atoms in total. The number of hydrogen-bond donors (Lipinski definition) is 2. The van der Waals surface area contributed by atoms with E-state index >= 15 is 0 Å². The molecule has 14 heavy (non-hydrogen) atoms. The smallest absolute Gasteiger partial charge is 0.00975 e. The monoisotopic (exact) mass is 200 g/mol. The fourth-order valence-electron chi connectivity index (χ4n) is 1.50. The molecule has 0 saturated carbocycles. The van der Waals surface area contributed by atoms with E-state index in [-0.39, 0.29) is 5.54 Å². The number of rotatable bonds is 8. The summed E-state index contributed by atoms with van der Waals surface area (Å²) in [6.07, 6.45) is 6.20. The lowest BCUT2D eigenvalue weighted by molar-refractivity contribution is 0.425. The van der Waals surface area contributed by atoms with Gasteiger partial charge in [0.25, 0.3) is 0 Å². The van der Waals surface area contributed by atoms with E-state index in [9.17, 15) is 0 Å². The third-order valence-electron chi connectivity index (χ3n) is 2.48. The van der Waals surface area contributed by atoms with Gasteiger partial charge in [-0.1, -0.05) is 19.8 Å². The predicted molar refractivity (Wildman–Crippen MR) is 64.5 cm³/mol. The number of nitrogens with two attached hydrogens (primary N) is 1. The average Bonchev–Trinajstić information content (AvgIpc) is 2.07. The van der Waals surface area contributed by atoms with Crippen LogP contribution >= 0.6 is 0 Å². The molecule has 0 aliphatic carbocycles. The van der Waals surface area contributed by atoms with Crippen LogP contribution in [-0.2, 0) is 0 Å². The van der Waals surface area contributed by atoms with Gasteiger partial charge in [0.05, 0.1) is 0 Å². The quantitative estimate of drug-likeness (QED) is 0.591. The maximum absolute atomic E-state index is 5.90. The van der Waals surface area contributed by atoms with Gasteiger partial charge in [0, 0.05) is 11.6 Å². The minimum absolute atomic E-state index is 0.00562. The van der Waals surface area contributed by atoms with E-state index in [0.717, 1.165) is 13.0 Å². The van der Waals surface area contributed by atoms with Crippen molar-refractivity contribution in [2.75, 3.05) is 6.54 Å². The Morgan fingerprint density at radius 1 is 1.29 bits per heavy atom. The van der Waals surface area contributed by atoms with Gasteiger partial charge in [-0.2, -0.15) is 0 Å². The van der Waals surface area contributed by atoms with E-state index in [1.807, 2.05) is 0 Å². The molecule has 0 fully saturated rings. The van der Waals surface area contributed by atoms with Gasteiger partial charge in [-0.3, -0.25) is 0 Å². The third kappa shape index (κ3) is 10.0. The van der Waals surface area contributed by atoms with E-state index in [1.165, 1.54) is 25.7 Å². The molecule has 0 aliphatic rings. The minimum Gasteiger partial charge on any atom is -0.326 e. The van der Waals surface area contributed by atoms with Crippen molar-refractivity contribution in [1.82, 2.24) is 5.32 Å². The van der Waals surface area contributed by atoms with Crippen LogP contribution in [-0.4, -0.2) is 18.1 Å². The molecule has 0 rings (SSSR count). The molecule has 0 spiro atoms. The Bertz CT molecular complexity index is 127. The molecular formula is C12H28N2. The molecule has 1 atom stereocenters. The van der Waals surface area contributed by atoms with Gasteiger partial charge in [-0.25, -0.2) is 0 Å². The summed E-state index contributed by atoms with van der Waals surface area (Å²) in [5, 5.41) is 3.53. The van der Waals surface area contributed by atoms with Crippen molar-refractivity contribution in [1.29, 1.82) is 0 Å². The van der Waals surface area contributed by atoms with Gasteiger partial charge in [0.1, 0.15) is 0 Å². The van der Waals surface area contributed by atoms with Gasteiger partial charge in [-0.05, 0) is 46.6 Å². The lowest BCUT2D eigenvalue weighted by Crippen LogP contribution is -2.34. The maximum Gasteiger partial charge on any atom is 0.00975 e. The van der Waals surface area contributed by atoms with Crippen LogP contribution in [0.4, 0.5) is 0 Å². The normalized spacial score (nSPS) is 14.4. The summed E-state index contributed by atoms with van der Waals surface area (Å²) in [6, 6.07) is 0.663. The first-order valence-electron chi connectivity index (χ1n) is 5.98. The largest absolute Gasteiger partial charge is 0.326 e. The Morgan fingerprint density at radius 3 is 2.43 bits per heavy atom. The zero-order valence-electron chi connectivity index (χ0n) is 10.4. The second kappa shape index (κ2) is 7.24. The van der Waals surface area contributed by atoms with Gasteiger partial charge >= 0.3 is 0 Å². The number of hydrogen-bond acceptors (Lipinski definition) is 2. The van der Waals surface area contributed by atoms with E-state index in [1.54, 1.807) is 0 Å². The standard InChI is InChI=1S/C12H28N2/c1-5-6-8-11(2)14-10-7-9-12(3,4)13/h11,14H,5-10,13H2,1-4H3. The summed E-state index contributed by atoms with van der Waals surface area (Å²) >= 11 is 0. The third-order valence-corrected chi connectivity index (χ3v) is 2.48. The molecule has 0 amide bonds. The molecule has 0 bridgehead atoms. The molecule has 0 aromatic carbocycles.